The predicted molar refractivity (Wildman–Crippen MR) is 58.0 cm³/mol. The summed E-state index contributed by atoms with van der Waals surface area (Å²) in [5.74, 6) is 0.715. The summed E-state index contributed by atoms with van der Waals surface area (Å²) < 4.78 is 0. The zero-order chi connectivity index (χ0) is 10.3. The Morgan fingerprint density at radius 3 is 2.79 bits per heavy atom. The zero-order valence-corrected chi connectivity index (χ0v) is 9.19. The number of Topliss-reactive ketones (excluding diaryl/α,β-unsaturated/α-hetero) is 1. The summed E-state index contributed by atoms with van der Waals surface area (Å²) in [5, 5.41) is 0.769. The Morgan fingerprint density at radius 1 is 1.36 bits per heavy atom. The number of carbonyl (C=O) groups is 1. The van der Waals surface area contributed by atoms with Crippen molar-refractivity contribution in [3.8, 4) is 0 Å². The van der Waals surface area contributed by atoms with E-state index >= 15 is 0 Å². The van der Waals surface area contributed by atoms with Crippen LogP contribution in [0.2, 0.25) is 5.02 Å². The summed E-state index contributed by atoms with van der Waals surface area (Å²) in [6.45, 7) is 4.04. The van der Waals surface area contributed by atoms with Gasteiger partial charge >= 0.3 is 0 Å². The molecular weight excluding hydrogens is 196 g/mol. The van der Waals surface area contributed by atoms with Crippen LogP contribution in [0.15, 0.2) is 12.1 Å². The quantitative estimate of drug-likeness (QED) is 0.639. The SMILES string of the molecule is Cc1cc2c(cc1Cl)CC(C)CC2=O. The standard InChI is InChI=1S/C12H13ClO/c1-7-3-9-6-11(13)8(2)5-10(9)12(14)4-7/h5-7H,3-4H2,1-2H3. The molecule has 1 nitrogen and oxygen atoms in total. The largest absolute Gasteiger partial charge is 0.294 e. The van der Waals surface area contributed by atoms with E-state index in [4.69, 9.17) is 11.6 Å². The molecular formula is C12H13ClO. The van der Waals surface area contributed by atoms with Crippen molar-refractivity contribution in [1.29, 1.82) is 0 Å². The summed E-state index contributed by atoms with van der Waals surface area (Å²) >= 11 is 6.03. The molecule has 0 N–H and O–H groups in total. The molecule has 0 heterocycles. The summed E-state index contributed by atoms with van der Waals surface area (Å²) in [6.07, 6.45) is 1.65. The van der Waals surface area contributed by atoms with Crippen molar-refractivity contribution in [3.63, 3.8) is 0 Å². The molecule has 2 heteroatoms. The van der Waals surface area contributed by atoms with Crippen molar-refractivity contribution in [2.75, 3.05) is 0 Å². The van der Waals surface area contributed by atoms with Gasteiger partial charge in [-0.2, -0.15) is 0 Å². The first kappa shape index (κ1) is 9.72. The van der Waals surface area contributed by atoms with Crippen molar-refractivity contribution in [2.24, 2.45) is 5.92 Å². The second-order valence-corrected chi connectivity index (χ2v) is 4.60. The topological polar surface area (TPSA) is 17.1 Å². The van der Waals surface area contributed by atoms with Crippen molar-refractivity contribution < 1.29 is 4.79 Å². The average molecular weight is 209 g/mol. The minimum atomic E-state index is 0.263. The molecule has 1 atom stereocenters. The van der Waals surface area contributed by atoms with Crippen LogP contribution in [0.1, 0.15) is 34.8 Å². The Kier molecular flexibility index (Phi) is 2.36. The smallest absolute Gasteiger partial charge is 0.163 e. The van der Waals surface area contributed by atoms with Gasteiger partial charge in [0.1, 0.15) is 0 Å². The minimum absolute atomic E-state index is 0.263. The van der Waals surface area contributed by atoms with Crippen molar-refractivity contribution in [2.45, 2.75) is 26.7 Å². The minimum Gasteiger partial charge on any atom is -0.294 e. The Morgan fingerprint density at radius 2 is 2.07 bits per heavy atom. The third-order valence-corrected chi connectivity index (χ3v) is 3.19. The third kappa shape index (κ3) is 1.57. The molecule has 1 aliphatic carbocycles. The van der Waals surface area contributed by atoms with Gasteiger partial charge in [0.15, 0.2) is 5.78 Å². The van der Waals surface area contributed by atoms with Crippen molar-refractivity contribution in [1.82, 2.24) is 0 Å². The number of hydrogen-bond donors (Lipinski definition) is 0. The molecule has 2 rings (SSSR count). The van der Waals surface area contributed by atoms with E-state index < -0.39 is 0 Å². The molecule has 0 bridgehead atoms. The second-order valence-electron chi connectivity index (χ2n) is 4.20. The molecule has 0 saturated heterocycles. The van der Waals surface area contributed by atoms with E-state index in [1.807, 2.05) is 19.1 Å². The molecule has 1 aromatic rings. The number of aryl methyl sites for hydroxylation is 1. The Labute approximate surface area is 89.1 Å². The number of carbonyl (C=O) groups excluding carboxylic acids is 1. The number of halogens is 1. The van der Waals surface area contributed by atoms with E-state index in [-0.39, 0.29) is 5.78 Å². The van der Waals surface area contributed by atoms with Gasteiger partial charge in [0.2, 0.25) is 0 Å². The number of fused-ring (bicyclic) bond motifs is 1. The highest BCUT2D eigenvalue weighted by Gasteiger charge is 2.22. The zero-order valence-electron chi connectivity index (χ0n) is 8.43. The maximum Gasteiger partial charge on any atom is 0.163 e. The van der Waals surface area contributed by atoms with Crippen LogP contribution in [0.5, 0.6) is 0 Å². The molecule has 0 aromatic heterocycles. The molecule has 0 fully saturated rings. The molecule has 1 unspecified atom stereocenters. The first-order valence-corrected chi connectivity index (χ1v) is 5.28. The molecule has 0 spiro atoms. The van der Waals surface area contributed by atoms with Crippen LogP contribution >= 0.6 is 11.6 Å². The highest BCUT2D eigenvalue weighted by Crippen LogP contribution is 2.29. The summed E-state index contributed by atoms with van der Waals surface area (Å²) in [7, 11) is 0. The molecule has 0 aliphatic heterocycles. The fraction of sp³-hybridized carbons (Fsp3) is 0.417. The molecule has 0 amide bonds. The monoisotopic (exact) mass is 208 g/mol. The van der Waals surface area contributed by atoms with Crippen LogP contribution in [0.25, 0.3) is 0 Å². The molecule has 0 saturated carbocycles. The molecule has 1 aliphatic rings. The Bertz CT molecular complexity index is 396. The highest BCUT2D eigenvalue weighted by molar-refractivity contribution is 6.31. The van der Waals surface area contributed by atoms with E-state index in [0.29, 0.717) is 12.3 Å². The van der Waals surface area contributed by atoms with Gasteiger partial charge in [0.25, 0.3) is 0 Å². The molecule has 74 valence electrons. The van der Waals surface area contributed by atoms with Crippen molar-refractivity contribution in [3.05, 3.63) is 33.8 Å². The van der Waals surface area contributed by atoms with E-state index in [1.54, 1.807) is 0 Å². The van der Waals surface area contributed by atoms with Gasteiger partial charge in [0.05, 0.1) is 0 Å². The van der Waals surface area contributed by atoms with Gasteiger partial charge in [0, 0.05) is 17.0 Å². The number of benzene rings is 1. The molecule has 0 radical (unpaired) electrons. The van der Waals surface area contributed by atoms with Crippen LogP contribution in [-0.4, -0.2) is 5.78 Å². The van der Waals surface area contributed by atoms with E-state index in [2.05, 4.69) is 6.92 Å². The maximum atomic E-state index is 11.7. The lowest BCUT2D eigenvalue weighted by atomic mass is 9.83. The van der Waals surface area contributed by atoms with Crippen LogP contribution in [0, 0.1) is 12.8 Å². The van der Waals surface area contributed by atoms with E-state index in [9.17, 15) is 4.79 Å². The lowest BCUT2D eigenvalue weighted by Crippen LogP contribution is -2.18. The van der Waals surface area contributed by atoms with Gasteiger partial charge in [-0.1, -0.05) is 18.5 Å². The van der Waals surface area contributed by atoms with E-state index in [1.165, 1.54) is 0 Å². The Balaban J connectivity index is 2.55. The van der Waals surface area contributed by atoms with Gasteiger partial charge in [-0.25, -0.2) is 0 Å². The fourth-order valence-electron chi connectivity index (χ4n) is 2.03. The van der Waals surface area contributed by atoms with Crippen LogP contribution in [0.3, 0.4) is 0 Å². The van der Waals surface area contributed by atoms with Crippen LogP contribution in [0.4, 0.5) is 0 Å². The fourth-order valence-corrected chi connectivity index (χ4v) is 2.21. The predicted octanol–water partition coefficient (Wildman–Crippen LogP) is 3.41. The molecule has 14 heavy (non-hydrogen) atoms. The number of ketones is 1. The number of hydrogen-bond acceptors (Lipinski definition) is 1. The average Bonchev–Trinajstić information content (AvgIpc) is 2.08. The summed E-state index contributed by atoms with van der Waals surface area (Å²) in [5.41, 5.74) is 2.99. The second kappa shape index (κ2) is 3.39. The lowest BCUT2D eigenvalue weighted by molar-refractivity contribution is 0.0953. The maximum absolute atomic E-state index is 11.7. The summed E-state index contributed by atoms with van der Waals surface area (Å²) in [4.78, 5) is 11.7. The van der Waals surface area contributed by atoms with E-state index in [0.717, 1.165) is 28.1 Å². The van der Waals surface area contributed by atoms with Gasteiger partial charge in [-0.3, -0.25) is 4.79 Å². The van der Waals surface area contributed by atoms with Gasteiger partial charge in [-0.15, -0.1) is 0 Å². The first-order chi connectivity index (χ1) is 6.58. The van der Waals surface area contributed by atoms with Crippen molar-refractivity contribution >= 4 is 17.4 Å². The highest BCUT2D eigenvalue weighted by atomic mass is 35.5. The first-order valence-electron chi connectivity index (χ1n) is 4.90. The van der Waals surface area contributed by atoms with Gasteiger partial charge in [-0.05, 0) is 42.5 Å². The lowest BCUT2D eigenvalue weighted by Gasteiger charge is -2.21. The normalized spacial score (nSPS) is 20.8. The Hall–Kier alpha value is -0.820. The number of rotatable bonds is 0. The molecule has 1 aromatic carbocycles. The van der Waals surface area contributed by atoms with Crippen LogP contribution in [-0.2, 0) is 6.42 Å². The summed E-state index contributed by atoms with van der Waals surface area (Å²) in [6, 6.07) is 3.87. The third-order valence-electron chi connectivity index (χ3n) is 2.79. The van der Waals surface area contributed by atoms with Gasteiger partial charge < -0.3 is 0 Å². The van der Waals surface area contributed by atoms with Crippen LogP contribution < -0.4 is 0 Å².